The molecule has 3 aromatic rings. The zero-order valence-electron chi connectivity index (χ0n) is 23.1. The van der Waals surface area contributed by atoms with Crippen LogP contribution in [0.15, 0.2) is 47.5 Å². The van der Waals surface area contributed by atoms with Crippen LogP contribution in [-0.4, -0.2) is 60.2 Å². The minimum absolute atomic E-state index is 0.00823. The van der Waals surface area contributed by atoms with Crippen molar-refractivity contribution >= 4 is 45.4 Å². The number of halogens is 4. The van der Waals surface area contributed by atoms with Gasteiger partial charge in [0, 0.05) is 29.2 Å². The van der Waals surface area contributed by atoms with Gasteiger partial charge in [-0.3, -0.25) is 13.8 Å². The van der Waals surface area contributed by atoms with Crippen LogP contribution in [-0.2, 0) is 21.0 Å². The summed E-state index contributed by atoms with van der Waals surface area (Å²) in [6, 6.07) is 7.62. The first-order valence-electron chi connectivity index (χ1n) is 13.1. The number of fused-ring (bicyclic) bond motifs is 1. The van der Waals surface area contributed by atoms with Crippen molar-refractivity contribution in [1.82, 2.24) is 9.78 Å². The molecule has 1 aliphatic rings. The Morgan fingerprint density at radius 1 is 1.26 bits per heavy atom. The van der Waals surface area contributed by atoms with Gasteiger partial charge in [-0.25, -0.2) is 8.42 Å². The maximum Gasteiger partial charge on any atom is 0.417 e. The van der Waals surface area contributed by atoms with Gasteiger partial charge < -0.3 is 19.7 Å². The summed E-state index contributed by atoms with van der Waals surface area (Å²) >= 11 is 6.08. The van der Waals surface area contributed by atoms with Crippen LogP contribution in [0.2, 0.25) is 5.02 Å². The molecule has 0 saturated carbocycles. The van der Waals surface area contributed by atoms with E-state index in [2.05, 4.69) is 5.10 Å². The van der Waals surface area contributed by atoms with Crippen LogP contribution < -0.4 is 13.8 Å². The molecule has 0 fully saturated rings. The number of aliphatic hydroxyl groups excluding tert-OH is 1. The Labute approximate surface area is 250 Å². The van der Waals surface area contributed by atoms with Crippen LogP contribution in [0.1, 0.15) is 49.4 Å². The molecular formula is C28H29ClF3N3O7S. The first kappa shape index (κ1) is 32.2. The molecular weight excluding hydrogens is 615 g/mol. The summed E-state index contributed by atoms with van der Waals surface area (Å²) in [5, 5.41) is 22.5. The van der Waals surface area contributed by atoms with Crippen LogP contribution in [0, 0.1) is 0 Å². The normalized spacial score (nSPS) is 15.5. The standard InChI is InChI=1S/C28H29ClF3N3O7S/c1-17(2)34-16-25(27(33-34)41-13-12-36)43(39,40)35-15-19(8-11-26(37)38)42-24-10-7-18(14-23(24)35)6-9-20-21(28(30,31)32)4-3-5-22(20)29/h3-7,9-10,14,16-17,19,36H,8,11-13,15H2,1-2H3,(H,37,38). The molecule has 0 aliphatic carbocycles. The van der Waals surface area contributed by atoms with Crippen molar-refractivity contribution in [3.63, 3.8) is 0 Å². The molecule has 1 atom stereocenters. The summed E-state index contributed by atoms with van der Waals surface area (Å²) in [6.45, 7) is 2.71. The van der Waals surface area contributed by atoms with E-state index in [0.29, 0.717) is 5.56 Å². The third kappa shape index (κ3) is 7.25. The number of ether oxygens (including phenoxy) is 2. The van der Waals surface area contributed by atoms with Crippen molar-refractivity contribution in [2.75, 3.05) is 24.1 Å². The molecule has 10 nitrogen and oxygen atoms in total. The second-order valence-electron chi connectivity index (χ2n) is 9.91. The summed E-state index contributed by atoms with van der Waals surface area (Å²) in [6.07, 6.45) is -1.88. The van der Waals surface area contributed by atoms with Crippen LogP contribution in [0.3, 0.4) is 0 Å². The van der Waals surface area contributed by atoms with Crippen molar-refractivity contribution in [1.29, 1.82) is 0 Å². The monoisotopic (exact) mass is 643 g/mol. The van der Waals surface area contributed by atoms with E-state index in [1.165, 1.54) is 53.4 Å². The van der Waals surface area contributed by atoms with Gasteiger partial charge in [0.15, 0.2) is 4.90 Å². The lowest BCUT2D eigenvalue weighted by Gasteiger charge is -2.35. The number of nitrogens with zero attached hydrogens (tertiary/aromatic N) is 3. The zero-order chi connectivity index (χ0) is 31.5. The molecule has 0 saturated heterocycles. The van der Waals surface area contributed by atoms with E-state index in [1.807, 2.05) is 0 Å². The smallest absolute Gasteiger partial charge is 0.417 e. The number of sulfonamides is 1. The first-order valence-corrected chi connectivity index (χ1v) is 15.0. The van der Waals surface area contributed by atoms with Crippen molar-refractivity contribution in [3.05, 3.63) is 64.3 Å². The molecule has 43 heavy (non-hydrogen) atoms. The molecule has 232 valence electrons. The number of alkyl halides is 3. The largest absolute Gasteiger partial charge is 0.486 e. The van der Waals surface area contributed by atoms with Crippen LogP contribution in [0.5, 0.6) is 11.6 Å². The van der Waals surface area contributed by atoms with E-state index in [4.69, 9.17) is 21.1 Å². The lowest BCUT2D eigenvalue weighted by Crippen LogP contribution is -2.43. The Kier molecular flexibility index (Phi) is 9.62. The van der Waals surface area contributed by atoms with Gasteiger partial charge in [-0.1, -0.05) is 35.9 Å². The Morgan fingerprint density at radius 3 is 2.65 bits per heavy atom. The number of aliphatic hydroxyl groups is 1. The molecule has 2 aromatic carbocycles. The quantitative estimate of drug-likeness (QED) is 0.262. The number of carboxylic acids is 1. The lowest BCUT2D eigenvalue weighted by molar-refractivity contribution is -0.138. The van der Waals surface area contributed by atoms with Gasteiger partial charge in [-0.2, -0.15) is 13.2 Å². The number of carboxylic acid groups (broad SMARTS) is 1. The van der Waals surface area contributed by atoms with Gasteiger partial charge in [-0.15, -0.1) is 5.10 Å². The molecule has 1 unspecified atom stereocenters. The molecule has 1 aliphatic heterocycles. The molecule has 0 amide bonds. The van der Waals surface area contributed by atoms with Crippen molar-refractivity contribution in [2.24, 2.45) is 0 Å². The van der Waals surface area contributed by atoms with E-state index in [9.17, 15) is 36.6 Å². The van der Waals surface area contributed by atoms with Gasteiger partial charge in [0.1, 0.15) is 18.5 Å². The van der Waals surface area contributed by atoms with E-state index >= 15 is 0 Å². The maximum absolute atomic E-state index is 14.1. The fourth-order valence-corrected chi connectivity index (χ4v) is 6.19. The number of carbonyl (C=O) groups is 1. The molecule has 0 bridgehead atoms. The highest BCUT2D eigenvalue weighted by Crippen LogP contribution is 2.41. The average Bonchev–Trinajstić information content (AvgIpc) is 3.39. The summed E-state index contributed by atoms with van der Waals surface area (Å²) in [5.41, 5.74) is -0.764. The van der Waals surface area contributed by atoms with Crippen LogP contribution >= 0.6 is 11.6 Å². The topological polar surface area (TPSA) is 131 Å². The predicted octanol–water partition coefficient (Wildman–Crippen LogP) is 5.50. The van der Waals surface area contributed by atoms with E-state index < -0.39 is 33.8 Å². The molecule has 2 N–H and O–H groups in total. The minimum Gasteiger partial charge on any atom is -0.486 e. The fourth-order valence-electron chi connectivity index (χ4n) is 4.39. The number of aromatic nitrogens is 2. The zero-order valence-corrected chi connectivity index (χ0v) is 24.7. The van der Waals surface area contributed by atoms with Crippen LogP contribution in [0.25, 0.3) is 12.2 Å². The van der Waals surface area contributed by atoms with Gasteiger partial charge in [0.05, 0.1) is 24.4 Å². The Bertz CT molecular complexity index is 1620. The van der Waals surface area contributed by atoms with Gasteiger partial charge in [0.2, 0.25) is 0 Å². The van der Waals surface area contributed by atoms with Gasteiger partial charge >= 0.3 is 12.1 Å². The predicted molar refractivity (Wildman–Crippen MR) is 153 cm³/mol. The highest BCUT2D eigenvalue weighted by atomic mass is 35.5. The number of aliphatic carboxylic acids is 1. The van der Waals surface area contributed by atoms with Gasteiger partial charge in [0.25, 0.3) is 15.9 Å². The molecule has 15 heteroatoms. The molecule has 1 aromatic heterocycles. The van der Waals surface area contributed by atoms with E-state index in [0.717, 1.165) is 10.4 Å². The summed E-state index contributed by atoms with van der Waals surface area (Å²) in [7, 11) is -4.42. The second kappa shape index (κ2) is 12.9. The first-order chi connectivity index (χ1) is 20.2. The van der Waals surface area contributed by atoms with Crippen LogP contribution in [0.4, 0.5) is 18.9 Å². The van der Waals surface area contributed by atoms with E-state index in [1.54, 1.807) is 13.8 Å². The summed E-state index contributed by atoms with van der Waals surface area (Å²) in [4.78, 5) is 10.9. The summed E-state index contributed by atoms with van der Waals surface area (Å²) in [5.74, 6) is -1.18. The molecule has 0 radical (unpaired) electrons. The SMILES string of the molecule is CC(C)n1cc(S(=O)(=O)N2CC(CCC(=O)O)Oc3ccc(C=Cc4c(Cl)cccc4C(F)(F)F)cc32)c(OCCO)n1. The number of anilines is 1. The molecule has 2 heterocycles. The Balaban J connectivity index is 1.80. The summed E-state index contributed by atoms with van der Waals surface area (Å²) < 4.78 is 82.8. The Hall–Kier alpha value is -3.75. The number of benzene rings is 2. The minimum atomic E-state index is -4.65. The van der Waals surface area contributed by atoms with E-state index in [-0.39, 0.29) is 71.4 Å². The highest BCUT2D eigenvalue weighted by molar-refractivity contribution is 7.93. The second-order valence-corrected chi connectivity index (χ2v) is 12.2. The number of hydrogen-bond acceptors (Lipinski definition) is 7. The third-order valence-electron chi connectivity index (χ3n) is 6.49. The van der Waals surface area contributed by atoms with Gasteiger partial charge in [-0.05, 0) is 50.1 Å². The third-order valence-corrected chi connectivity index (χ3v) is 8.58. The Morgan fingerprint density at radius 2 is 2.00 bits per heavy atom. The maximum atomic E-state index is 14.1. The fraction of sp³-hybridized carbons (Fsp3) is 0.357. The lowest BCUT2D eigenvalue weighted by atomic mass is 10.0. The molecule has 4 rings (SSSR count). The number of rotatable bonds is 11. The van der Waals surface area contributed by atoms with Crippen molar-refractivity contribution < 1.29 is 46.1 Å². The number of hydrogen-bond donors (Lipinski definition) is 2. The van der Waals surface area contributed by atoms with Crippen molar-refractivity contribution in [3.8, 4) is 11.6 Å². The average molecular weight is 644 g/mol. The highest BCUT2D eigenvalue weighted by Gasteiger charge is 2.38. The van der Waals surface area contributed by atoms with Crippen molar-refractivity contribution in [2.45, 2.75) is 49.9 Å². The molecule has 0 spiro atoms.